The van der Waals surface area contributed by atoms with Crippen LogP contribution in [0.15, 0.2) is 4.99 Å². The van der Waals surface area contributed by atoms with E-state index in [-0.39, 0.29) is 24.0 Å². The summed E-state index contributed by atoms with van der Waals surface area (Å²) in [6.45, 7) is 6.30. The Hall–Kier alpha value is -0.940. The van der Waals surface area contributed by atoms with E-state index in [1.165, 1.54) is 12.8 Å². The summed E-state index contributed by atoms with van der Waals surface area (Å²) in [4.78, 5) is 7.35. The minimum atomic E-state index is 0. The van der Waals surface area contributed by atoms with Gasteiger partial charge in [-0.2, -0.15) is 0 Å². The van der Waals surface area contributed by atoms with Gasteiger partial charge in [-0.25, -0.2) is 4.99 Å². The maximum absolute atomic E-state index is 6.13. The van der Waals surface area contributed by atoms with Gasteiger partial charge in [0.2, 0.25) is 0 Å². The smallest absolute Gasteiger partial charge is 0.194 e. The molecule has 1 N–H and O–H groups in total. The zero-order valence-electron chi connectivity index (χ0n) is 16.7. The molecule has 4 saturated heterocycles. The van der Waals surface area contributed by atoms with E-state index in [0.717, 1.165) is 56.7 Å². The number of nitrogens with zero attached hydrogens (tertiary/aromatic N) is 5. The number of nitrogens with one attached hydrogen (secondary N) is 1. The van der Waals surface area contributed by atoms with Crippen molar-refractivity contribution in [3.8, 4) is 0 Å². The largest absolute Gasteiger partial charge is 0.376 e. The first kappa shape index (κ1) is 20.3. The summed E-state index contributed by atoms with van der Waals surface area (Å²) in [7, 11) is 1.99. The van der Waals surface area contributed by atoms with Gasteiger partial charge in [0.1, 0.15) is 12.4 Å². The lowest BCUT2D eigenvalue weighted by Crippen LogP contribution is -2.44. The van der Waals surface area contributed by atoms with Crippen LogP contribution in [0.4, 0.5) is 0 Å². The number of halogens is 1. The van der Waals surface area contributed by atoms with Crippen molar-refractivity contribution in [2.75, 3.05) is 26.2 Å². The topological polar surface area (TPSA) is 76.8 Å². The fourth-order valence-electron chi connectivity index (χ4n) is 5.15. The van der Waals surface area contributed by atoms with Crippen LogP contribution in [0, 0.1) is 18.8 Å². The van der Waals surface area contributed by atoms with Crippen LogP contribution >= 0.6 is 24.0 Å². The van der Waals surface area contributed by atoms with Crippen LogP contribution in [-0.2, 0) is 23.1 Å². The Morgan fingerprint density at radius 2 is 1.93 bits per heavy atom. The van der Waals surface area contributed by atoms with Crippen molar-refractivity contribution in [3.05, 3.63) is 11.6 Å². The molecule has 2 bridgehead atoms. The maximum Gasteiger partial charge on any atom is 0.194 e. The molecule has 4 aliphatic heterocycles. The number of guanidine groups is 1. The Morgan fingerprint density at radius 3 is 2.54 bits per heavy atom. The third kappa shape index (κ3) is 3.77. The molecule has 0 aromatic carbocycles. The molecule has 0 radical (unpaired) electrons. The van der Waals surface area contributed by atoms with Gasteiger partial charge in [-0.05, 0) is 32.6 Å². The number of hydrogen-bond acceptors (Lipinski definition) is 5. The first-order valence-corrected chi connectivity index (χ1v) is 10.3. The minimum absolute atomic E-state index is 0. The molecule has 156 valence electrons. The Kier molecular flexibility index (Phi) is 6.12. The summed E-state index contributed by atoms with van der Waals surface area (Å²) in [5.74, 6) is 4.12. The fraction of sp³-hybridized carbons (Fsp3) is 0.842. The highest BCUT2D eigenvalue weighted by Crippen LogP contribution is 2.47. The van der Waals surface area contributed by atoms with E-state index in [1.807, 2.05) is 18.5 Å². The summed E-state index contributed by atoms with van der Waals surface area (Å²) in [6, 6.07) is 0. The van der Waals surface area contributed by atoms with E-state index in [1.54, 1.807) is 0 Å². The lowest BCUT2D eigenvalue weighted by molar-refractivity contribution is 0.0764. The summed E-state index contributed by atoms with van der Waals surface area (Å²) in [6.07, 6.45) is 5.98. The van der Waals surface area contributed by atoms with E-state index in [9.17, 15) is 0 Å². The quantitative estimate of drug-likeness (QED) is 0.382. The number of aliphatic imine (C=N–C) groups is 1. The molecule has 0 spiro atoms. The van der Waals surface area contributed by atoms with Gasteiger partial charge in [0, 0.05) is 45.1 Å². The standard InChI is InChI=1S/C19H30N6O2.HI/c1-12-22-23-18(24(12)2)9-21-19(20-8-13-4-3-7-26-13)25-10-14-15(11-25)17-6-5-16(14)27-17;/h13-17H,3-11H2,1-2H3,(H,20,21);1H. The van der Waals surface area contributed by atoms with Crippen LogP contribution in [0.25, 0.3) is 0 Å². The van der Waals surface area contributed by atoms with Gasteiger partial charge >= 0.3 is 0 Å². The summed E-state index contributed by atoms with van der Waals surface area (Å²) >= 11 is 0. The Morgan fingerprint density at radius 1 is 1.18 bits per heavy atom. The predicted octanol–water partition coefficient (Wildman–Crippen LogP) is 1.48. The van der Waals surface area contributed by atoms with Crippen LogP contribution in [0.5, 0.6) is 0 Å². The second kappa shape index (κ2) is 8.43. The number of rotatable bonds is 4. The van der Waals surface area contributed by atoms with Gasteiger partial charge in [0.05, 0.1) is 18.3 Å². The summed E-state index contributed by atoms with van der Waals surface area (Å²) in [5.41, 5.74) is 0. The molecule has 5 rings (SSSR count). The highest BCUT2D eigenvalue weighted by atomic mass is 127. The highest BCUT2D eigenvalue weighted by molar-refractivity contribution is 14.0. The lowest BCUT2D eigenvalue weighted by Gasteiger charge is -2.25. The first-order valence-electron chi connectivity index (χ1n) is 10.3. The van der Waals surface area contributed by atoms with Crippen LogP contribution in [0.2, 0.25) is 0 Å². The van der Waals surface area contributed by atoms with Crippen molar-refractivity contribution in [2.45, 2.75) is 57.5 Å². The molecular formula is C19H31IN6O2. The number of fused-ring (bicyclic) bond motifs is 5. The normalized spacial score (nSPS) is 34.0. The zero-order valence-corrected chi connectivity index (χ0v) is 19.0. The van der Waals surface area contributed by atoms with E-state index in [4.69, 9.17) is 14.5 Å². The summed E-state index contributed by atoms with van der Waals surface area (Å²) < 4.78 is 13.9. The predicted molar refractivity (Wildman–Crippen MR) is 116 cm³/mol. The van der Waals surface area contributed by atoms with Crippen LogP contribution in [0.1, 0.15) is 37.3 Å². The van der Waals surface area contributed by atoms with Crippen LogP contribution in [-0.4, -0.2) is 70.2 Å². The molecule has 1 aromatic heterocycles. The molecule has 9 heteroatoms. The van der Waals surface area contributed by atoms with Gasteiger partial charge in [-0.3, -0.25) is 0 Å². The molecule has 8 nitrogen and oxygen atoms in total. The highest BCUT2D eigenvalue weighted by Gasteiger charge is 2.53. The van der Waals surface area contributed by atoms with Crippen LogP contribution < -0.4 is 5.32 Å². The molecule has 0 saturated carbocycles. The zero-order chi connectivity index (χ0) is 18.4. The minimum Gasteiger partial charge on any atom is -0.376 e. The Balaban J connectivity index is 0.00000192. The Labute approximate surface area is 183 Å². The van der Waals surface area contributed by atoms with Crippen molar-refractivity contribution in [2.24, 2.45) is 23.9 Å². The number of aromatic nitrogens is 3. The molecule has 0 aliphatic carbocycles. The Bertz CT molecular complexity index is 701. The average Bonchev–Trinajstić information content (AvgIpc) is 3.45. The molecule has 4 fully saturated rings. The van der Waals surface area contributed by atoms with Crippen molar-refractivity contribution >= 4 is 29.9 Å². The van der Waals surface area contributed by atoms with Crippen molar-refractivity contribution < 1.29 is 9.47 Å². The van der Waals surface area contributed by atoms with Gasteiger partial charge < -0.3 is 24.3 Å². The molecule has 5 unspecified atom stereocenters. The van der Waals surface area contributed by atoms with E-state index < -0.39 is 0 Å². The van der Waals surface area contributed by atoms with Gasteiger partial charge in [-0.15, -0.1) is 34.2 Å². The first-order chi connectivity index (χ1) is 13.2. The number of likely N-dealkylation sites (tertiary alicyclic amines) is 1. The molecule has 1 aromatic rings. The molecule has 0 amide bonds. The van der Waals surface area contributed by atoms with Gasteiger partial charge in [-0.1, -0.05) is 0 Å². The molecule has 28 heavy (non-hydrogen) atoms. The average molecular weight is 502 g/mol. The molecule has 5 heterocycles. The van der Waals surface area contributed by atoms with Crippen molar-refractivity contribution in [3.63, 3.8) is 0 Å². The molecule has 5 atom stereocenters. The maximum atomic E-state index is 6.13. The number of ether oxygens (including phenoxy) is 2. The van der Waals surface area contributed by atoms with Gasteiger partial charge in [0.15, 0.2) is 11.8 Å². The van der Waals surface area contributed by atoms with Crippen molar-refractivity contribution in [1.29, 1.82) is 0 Å². The van der Waals surface area contributed by atoms with E-state index in [2.05, 4.69) is 20.4 Å². The summed E-state index contributed by atoms with van der Waals surface area (Å²) in [5, 5.41) is 12.0. The fourth-order valence-corrected chi connectivity index (χ4v) is 5.15. The number of aryl methyl sites for hydroxylation is 1. The molecular weight excluding hydrogens is 471 g/mol. The second-order valence-corrected chi connectivity index (χ2v) is 8.40. The van der Waals surface area contributed by atoms with E-state index in [0.29, 0.717) is 36.7 Å². The lowest BCUT2D eigenvalue weighted by atomic mass is 9.82. The third-order valence-corrected chi connectivity index (χ3v) is 6.82. The van der Waals surface area contributed by atoms with Crippen molar-refractivity contribution in [1.82, 2.24) is 25.0 Å². The monoisotopic (exact) mass is 502 g/mol. The van der Waals surface area contributed by atoms with Crippen LogP contribution in [0.3, 0.4) is 0 Å². The number of hydrogen-bond donors (Lipinski definition) is 1. The molecule has 4 aliphatic rings. The third-order valence-electron chi connectivity index (χ3n) is 6.82. The second-order valence-electron chi connectivity index (χ2n) is 8.40. The SMILES string of the molecule is Cc1nnc(CN=C(NCC2CCCO2)N2CC3C4CCC(O4)C3C2)n1C.I. The van der Waals surface area contributed by atoms with Gasteiger partial charge in [0.25, 0.3) is 0 Å². The van der Waals surface area contributed by atoms with E-state index >= 15 is 0 Å².